The van der Waals surface area contributed by atoms with Crippen LogP contribution >= 0.6 is 0 Å². The lowest BCUT2D eigenvalue weighted by Crippen LogP contribution is -2.21. The van der Waals surface area contributed by atoms with Crippen molar-refractivity contribution >= 4 is 16.7 Å². The molecule has 0 radical (unpaired) electrons. The minimum atomic E-state index is -1.20. The highest BCUT2D eigenvalue weighted by molar-refractivity contribution is 7.83. The zero-order chi connectivity index (χ0) is 17.7. The lowest BCUT2D eigenvalue weighted by atomic mass is 10.1. The van der Waals surface area contributed by atoms with Crippen molar-refractivity contribution in [1.82, 2.24) is 4.90 Å². The van der Waals surface area contributed by atoms with Crippen LogP contribution in [0.1, 0.15) is 21.5 Å². The van der Waals surface area contributed by atoms with E-state index < -0.39 is 16.6 Å². The molecule has 1 atom stereocenters. The molecule has 6 heteroatoms. The van der Waals surface area contributed by atoms with Gasteiger partial charge in [0.1, 0.15) is 0 Å². The van der Waals surface area contributed by atoms with Gasteiger partial charge in [-0.15, -0.1) is 0 Å². The van der Waals surface area contributed by atoms with Gasteiger partial charge in [0.05, 0.1) is 7.11 Å². The summed E-state index contributed by atoms with van der Waals surface area (Å²) < 4.78 is 30.9. The normalized spacial score (nSPS) is 11.8. The highest BCUT2D eigenvalue weighted by atomic mass is 32.2. The van der Waals surface area contributed by atoms with Gasteiger partial charge in [0.15, 0.2) is 11.6 Å². The van der Waals surface area contributed by atoms with Crippen molar-refractivity contribution in [3.63, 3.8) is 0 Å². The maximum Gasteiger partial charge on any atom is 0.253 e. The van der Waals surface area contributed by atoms with Gasteiger partial charge >= 0.3 is 0 Å². The molecule has 0 N–H and O–H groups in total. The van der Waals surface area contributed by atoms with Gasteiger partial charge < -0.3 is 9.64 Å². The van der Waals surface area contributed by atoms with Crippen molar-refractivity contribution in [1.29, 1.82) is 0 Å². The Balaban J connectivity index is 2.06. The highest BCUT2D eigenvalue weighted by Gasteiger charge is 2.11. The lowest BCUT2D eigenvalue weighted by molar-refractivity contribution is 0.0827. The van der Waals surface area contributed by atoms with E-state index in [0.717, 1.165) is 5.56 Å². The molecule has 0 aliphatic carbocycles. The van der Waals surface area contributed by atoms with Crippen molar-refractivity contribution in [2.24, 2.45) is 0 Å². The summed E-state index contributed by atoms with van der Waals surface area (Å²) in [6.45, 7) is 0. The van der Waals surface area contributed by atoms with Crippen molar-refractivity contribution in [3.8, 4) is 5.75 Å². The van der Waals surface area contributed by atoms with Crippen LogP contribution in [0.4, 0.5) is 4.39 Å². The quantitative estimate of drug-likeness (QED) is 0.805. The van der Waals surface area contributed by atoms with Crippen molar-refractivity contribution in [2.45, 2.75) is 11.5 Å². The van der Waals surface area contributed by atoms with Crippen molar-refractivity contribution < 1.29 is 18.1 Å². The fourth-order valence-corrected chi connectivity index (χ4v) is 3.48. The predicted octanol–water partition coefficient (Wildman–Crippen LogP) is 2.99. The number of benzene rings is 2. The van der Waals surface area contributed by atoms with E-state index in [1.165, 1.54) is 24.1 Å². The summed E-state index contributed by atoms with van der Waals surface area (Å²) in [5.41, 5.74) is 2.02. The average Bonchev–Trinajstić information content (AvgIpc) is 2.54. The number of nitrogens with zero attached hydrogens (tertiary/aromatic N) is 1. The Morgan fingerprint density at radius 3 is 2.38 bits per heavy atom. The summed E-state index contributed by atoms with van der Waals surface area (Å²) in [7, 11) is 3.57. The first-order chi connectivity index (χ1) is 11.4. The number of carbonyl (C=O) groups is 1. The third-order valence-electron chi connectivity index (χ3n) is 3.45. The van der Waals surface area contributed by atoms with Crippen LogP contribution in [0.3, 0.4) is 0 Å². The number of amides is 1. The molecule has 0 aliphatic rings. The molecule has 0 bridgehead atoms. The lowest BCUT2D eigenvalue weighted by Gasteiger charge is -2.11. The molecule has 0 fully saturated rings. The van der Waals surface area contributed by atoms with Gasteiger partial charge in [0.2, 0.25) is 0 Å². The van der Waals surface area contributed by atoms with Crippen LogP contribution in [0, 0.1) is 5.82 Å². The second-order valence-electron chi connectivity index (χ2n) is 5.60. The fourth-order valence-electron chi connectivity index (χ4n) is 2.27. The van der Waals surface area contributed by atoms with Crippen LogP contribution in [0.2, 0.25) is 0 Å². The van der Waals surface area contributed by atoms with Gasteiger partial charge in [-0.05, 0) is 35.4 Å². The minimum absolute atomic E-state index is 0.0974. The molecule has 0 aliphatic heterocycles. The molecule has 0 spiro atoms. The zero-order valence-electron chi connectivity index (χ0n) is 13.9. The number of hydrogen-bond acceptors (Lipinski definition) is 3. The molecule has 2 aromatic carbocycles. The summed E-state index contributed by atoms with van der Waals surface area (Å²) >= 11 is 0. The first-order valence-electron chi connectivity index (χ1n) is 7.38. The summed E-state index contributed by atoms with van der Waals surface area (Å²) in [5, 5.41) is 0. The summed E-state index contributed by atoms with van der Waals surface area (Å²) in [6.07, 6.45) is 0. The van der Waals surface area contributed by atoms with Gasteiger partial charge in [-0.1, -0.05) is 18.2 Å². The van der Waals surface area contributed by atoms with Crippen LogP contribution in [0.25, 0.3) is 0 Å². The largest absolute Gasteiger partial charge is 0.494 e. The molecule has 0 saturated heterocycles. The van der Waals surface area contributed by atoms with Gasteiger partial charge in [0, 0.05) is 42.0 Å². The van der Waals surface area contributed by atoms with E-state index in [-0.39, 0.29) is 17.4 Å². The van der Waals surface area contributed by atoms with Gasteiger partial charge in [-0.25, -0.2) is 4.39 Å². The first kappa shape index (κ1) is 18.1. The van der Waals surface area contributed by atoms with Crippen molar-refractivity contribution in [2.75, 3.05) is 21.2 Å². The van der Waals surface area contributed by atoms with E-state index in [2.05, 4.69) is 0 Å². The molecule has 4 nitrogen and oxygen atoms in total. The minimum Gasteiger partial charge on any atom is -0.494 e. The van der Waals surface area contributed by atoms with Gasteiger partial charge in [0.25, 0.3) is 5.91 Å². The van der Waals surface area contributed by atoms with E-state index in [4.69, 9.17) is 4.74 Å². The van der Waals surface area contributed by atoms with Crippen LogP contribution in [-0.4, -0.2) is 36.2 Å². The van der Waals surface area contributed by atoms with E-state index in [0.29, 0.717) is 16.9 Å². The number of hydrogen-bond donors (Lipinski definition) is 0. The molecule has 1 unspecified atom stereocenters. The van der Waals surface area contributed by atoms with Gasteiger partial charge in [-0.3, -0.25) is 9.00 Å². The molecule has 2 rings (SSSR count). The zero-order valence-corrected chi connectivity index (χ0v) is 14.7. The maximum absolute atomic E-state index is 13.7. The van der Waals surface area contributed by atoms with E-state index >= 15 is 0 Å². The molecule has 2 aromatic rings. The number of carbonyl (C=O) groups excluding carboxylic acids is 1. The number of methoxy groups -OCH3 is 1. The molecule has 24 heavy (non-hydrogen) atoms. The smallest absolute Gasteiger partial charge is 0.253 e. The monoisotopic (exact) mass is 349 g/mol. The van der Waals surface area contributed by atoms with E-state index in [9.17, 15) is 13.4 Å². The molecule has 128 valence electrons. The Bertz CT molecular complexity index is 762. The molecular formula is C18H20FNO3S. The van der Waals surface area contributed by atoms with Crippen molar-refractivity contribution in [3.05, 3.63) is 65.0 Å². The third-order valence-corrected chi connectivity index (χ3v) is 4.76. The summed E-state index contributed by atoms with van der Waals surface area (Å²) in [5.74, 6) is 0.152. The van der Waals surface area contributed by atoms with Crippen LogP contribution in [0.5, 0.6) is 5.75 Å². The highest BCUT2D eigenvalue weighted by Crippen LogP contribution is 2.19. The maximum atomic E-state index is 13.7. The standard InChI is InChI=1S/C18H20FNO3S/c1-20(2)18(21)15-6-4-5-13(9-15)11-24(22)12-14-7-8-17(23-3)16(19)10-14/h4-10H,11-12H2,1-3H3. The van der Waals surface area contributed by atoms with Crippen LogP contribution < -0.4 is 4.74 Å². The Morgan fingerprint density at radius 2 is 1.79 bits per heavy atom. The Morgan fingerprint density at radius 1 is 1.12 bits per heavy atom. The topological polar surface area (TPSA) is 46.6 Å². The second-order valence-corrected chi connectivity index (χ2v) is 7.05. The molecule has 0 saturated carbocycles. The molecule has 1 amide bonds. The Labute approximate surface area is 143 Å². The molecular weight excluding hydrogens is 329 g/mol. The van der Waals surface area contributed by atoms with Gasteiger partial charge in [-0.2, -0.15) is 0 Å². The molecule has 0 heterocycles. The Kier molecular flexibility index (Phi) is 6.09. The van der Waals surface area contributed by atoms with Crippen LogP contribution in [-0.2, 0) is 22.3 Å². The van der Waals surface area contributed by atoms with E-state index in [1.54, 1.807) is 38.4 Å². The summed E-state index contributed by atoms with van der Waals surface area (Å²) in [6, 6.07) is 11.6. The first-order valence-corrected chi connectivity index (χ1v) is 8.87. The Hall–Kier alpha value is -2.21. The molecule has 0 aromatic heterocycles. The van der Waals surface area contributed by atoms with E-state index in [1.807, 2.05) is 6.07 Å². The predicted molar refractivity (Wildman–Crippen MR) is 93.0 cm³/mol. The number of ether oxygens (including phenoxy) is 1. The fraction of sp³-hybridized carbons (Fsp3) is 0.278. The van der Waals surface area contributed by atoms with Crippen LogP contribution in [0.15, 0.2) is 42.5 Å². The third kappa shape index (κ3) is 4.64. The number of rotatable bonds is 6. The second kappa shape index (κ2) is 8.06. The summed E-state index contributed by atoms with van der Waals surface area (Å²) in [4.78, 5) is 13.5. The number of halogens is 1. The SMILES string of the molecule is COc1ccc(CS(=O)Cc2cccc(C(=O)N(C)C)c2)cc1F. The average molecular weight is 349 g/mol.